The van der Waals surface area contributed by atoms with E-state index in [0.717, 1.165) is 16.7 Å². The first-order valence-corrected chi connectivity index (χ1v) is 8.23. The summed E-state index contributed by atoms with van der Waals surface area (Å²) in [6, 6.07) is 12.4. The van der Waals surface area contributed by atoms with E-state index < -0.39 is 11.7 Å². The zero-order chi connectivity index (χ0) is 18.4. The second-order valence-corrected chi connectivity index (χ2v) is 6.21. The fourth-order valence-electron chi connectivity index (χ4n) is 2.39. The molecule has 0 spiro atoms. The van der Waals surface area contributed by atoms with Crippen molar-refractivity contribution in [3.8, 4) is 11.1 Å². The summed E-state index contributed by atoms with van der Waals surface area (Å²) in [4.78, 5) is 25.1. The molecular formula is C20H23FN2O2. The van der Waals surface area contributed by atoms with Gasteiger partial charge in [-0.2, -0.15) is 0 Å². The van der Waals surface area contributed by atoms with Crippen molar-refractivity contribution in [3.05, 3.63) is 59.4 Å². The highest BCUT2D eigenvalue weighted by atomic mass is 19.1. The Hall–Kier alpha value is -2.69. The van der Waals surface area contributed by atoms with Crippen LogP contribution in [0.1, 0.15) is 28.8 Å². The zero-order valence-corrected chi connectivity index (χ0v) is 14.8. The van der Waals surface area contributed by atoms with Crippen LogP contribution in [0.2, 0.25) is 0 Å². The van der Waals surface area contributed by atoms with E-state index in [0.29, 0.717) is 19.4 Å². The molecule has 0 aliphatic carbocycles. The number of carbonyl (C=O) groups is 2. The van der Waals surface area contributed by atoms with Gasteiger partial charge in [0, 0.05) is 27.1 Å². The average molecular weight is 342 g/mol. The van der Waals surface area contributed by atoms with Gasteiger partial charge in [-0.15, -0.1) is 0 Å². The number of nitrogens with zero attached hydrogens (tertiary/aromatic N) is 1. The molecule has 2 aromatic rings. The van der Waals surface area contributed by atoms with Crippen molar-refractivity contribution in [3.63, 3.8) is 0 Å². The standard InChI is InChI=1S/C20H23FN2O2/c1-14-6-8-15(9-7-14)16-10-11-17(18(21)13-16)20(25)22-12-4-5-19(24)23(2)3/h6-11,13H,4-5,12H2,1-3H3,(H,22,25). The van der Waals surface area contributed by atoms with E-state index in [1.54, 1.807) is 20.2 Å². The van der Waals surface area contributed by atoms with Gasteiger partial charge < -0.3 is 10.2 Å². The van der Waals surface area contributed by atoms with Crippen molar-refractivity contribution in [2.24, 2.45) is 0 Å². The highest BCUT2D eigenvalue weighted by Crippen LogP contribution is 2.22. The van der Waals surface area contributed by atoms with E-state index in [9.17, 15) is 14.0 Å². The topological polar surface area (TPSA) is 49.4 Å². The first-order valence-electron chi connectivity index (χ1n) is 8.23. The second-order valence-electron chi connectivity index (χ2n) is 6.21. The molecule has 5 heteroatoms. The van der Waals surface area contributed by atoms with Crippen LogP contribution in [-0.4, -0.2) is 37.4 Å². The molecule has 0 aliphatic heterocycles. The molecule has 0 aliphatic rings. The van der Waals surface area contributed by atoms with Gasteiger partial charge >= 0.3 is 0 Å². The highest BCUT2D eigenvalue weighted by molar-refractivity contribution is 5.95. The van der Waals surface area contributed by atoms with Gasteiger partial charge in [0.2, 0.25) is 5.91 Å². The Balaban J connectivity index is 1.96. The van der Waals surface area contributed by atoms with Gasteiger partial charge in [0.15, 0.2) is 0 Å². The quantitative estimate of drug-likeness (QED) is 0.818. The fourth-order valence-corrected chi connectivity index (χ4v) is 2.39. The average Bonchev–Trinajstić information content (AvgIpc) is 2.58. The molecule has 0 radical (unpaired) electrons. The minimum atomic E-state index is -0.556. The predicted molar refractivity (Wildman–Crippen MR) is 96.8 cm³/mol. The number of hydrogen-bond acceptors (Lipinski definition) is 2. The number of amides is 2. The molecule has 2 aromatic carbocycles. The number of benzene rings is 2. The summed E-state index contributed by atoms with van der Waals surface area (Å²) in [5.41, 5.74) is 2.77. The maximum Gasteiger partial charge on any atom is 0.254 e. The van der Waals surface area contributed by atoms with E-state index in [4.69, 9.17) is 0 Å². The lowest BCUT2D eigenvalue weighted by Gasteiger charge is -2.11. The van der Waals surface area contributed by atoms with Crippen LogP contribution in [0.3, 0.4) is 0 Å². The summed E-state index contributed by atoms with van der Waals surface area (Å²) >= 11 is 0. The van der Waals surface area contributed by atoms with Crippen LogP contribution in [0, 0.1) is 12.7 Å². The summed E-state index contributed by atoms with van der Waals surface area (Å²) in [6.45, 7) is 2.32. The Morgan fingerprint density at radius 2 is 1.68 bits per heavy atom. The molecule has 2 rings (SSSR count). The predicted octanol–water partition coefficient (Wildman–Crippen LogP) is 3.40. The summed E-state index contributed by atoms with van der Waals surface area (Å²) in [5, 5.41) is 2.65. The minimum Gasteiger partial charge on any atom is -0.352 e. The van der Waals surface area contributed by atoms with E-state index in [1.807, 2.05) is 31.2 Å². The van der Waals surface area contributed by atoms with E-state index in [2.05, 4.69) is 5.32 Å². The largest absolute Gasteiger partial charge is 0.352 e. The van der Waals surface area contributed by atoms with Crippen LogP contribution in [0.5, 0.6) is 0 Å². The fraction of sp³-hybridized carbons (Fsp3) is 0.300. The van der Waals surface area contributed by atoms with Crippen molar-refractivity contribution in [1.82, 2.24) is 10.2 Å². The Morgan fingerprint density at radius 1 is 1.04 bits per heavy atom. The lowest BCUT2D eigenvalue weighted by molar-refractivity contribution is -0.128. The van der Waals surface area contributed by atoms with Gasteiger partial charge in [-0.25, -0.2) is 4.39 Å². The summed E-state index contributed by atoms with van der Waals surface area (Å²) in [5.74, 6) is -1.02. The number of halogens is 1. The molecule has 0 saturated carbocycles. The number of hydrogen-bond donors (Lipinski definition) is 1. The minimum absolute atomic E-state index is 0.00267. The zero-order valence-electron chi connectivity index (χ0n) is 14.8. The van der Waals surface area contributed by atoms with Crippen molar-refractivity contribution in [2.75, 3.05) is 20.6 Å². The molecule has 0 bridgehead atoms. The lowest BCUT2D eigenvalue weighted by atomic mass is 10.0. The number of carbonyl (C=O) groups excluding carboxylic acids is 2. The molecule has 25 heavy (non-hydrogen) atoms. The van der Waals surface area contributed by atoms with Gasteiger partial charge in [-0.05, 0) is 36.6 Å². The van der Waals surface area contributed by atoms with Crippen LogP contribution in [0.25, 0.3) is 11.1 Å². The van der Waals surface area contributed by atoms with Crippen molar-refractivity contribution >= 4 is 11.8 Å². The first-order chi connectivity index (χ1) is 11.9. The highest BCUT2D eigenvalue weighted by Gasteiger charge is 2.13. The van der Waals surface area contributed by atoms with Gasteiger partial charge in [-0.1, -0.05) is 35.9 Å². The lowest BCUT2D eigenvalue weighted by Crippen LogP contribution is -2.27. The van der Waals surface area contributed by atoms with Gasteiger partial charge in [0.25, 0.3) is 5.91 Å². The van der Waals surface area contributed by atoms with E-state index >= 15 is 0 Å². The molecule has 4 nitrogen and oxygen atoms in total. The third-order valence-corrected chi connectivity index (χ3v) is 3.95. The molecule has 0 aromatic heterocycles. The summed E-state index contributed by atoms with van der Waals surface area (Å²) in [7, 11) is 3.37. The van der Waals surface area contributed by atoms with Crippen LogP contribution < -0.4 is 5.32 Å². The van der Waals surface area contributed by atoms with Gasteiger partial charge in [-0.3, -0.25) is 9.59 Å². The number of rotatable bonds is 6. The van der Waals surface area contributed by atoms with E-state index in [-0.39, 0.29) is 11.5 Å². The Labute approximate surface area is 147 Å². The molecule has 0 saturated heterocycles. The molecular weight excluding hydrogens is 319 g/mol. The number of aryl methyl sites for hydroxylation is 1. The summed E-state index contributed by atoms with van der Waals surface area (Å²) in [6.07, 6.45) is 0.869. The molecule has 0 heterocycles. The van der Waals surface area contributed by atoms with Crippen LogP contribution in [0.15, 0.2) is 42.5 Å². The molecule has 132 valence electrons. The monoisotopic (exact) mass is 342 g/mol. The Bertz CT molecular complexity index is 755. The molecule has 0 unspecified atom stereocenters. The van der Waals surface area contributed by atoms with Crippen LogP contribution >= 0.6 is 0 Å². The van der Waals surface area contributed by atoms with Gasteiger partial charge in [0.1, 0.15) is 5.82 Å². The molecule has 2 amide bonds. The Morgan fingerprint density at radius 3 is 2.28 bits per heavy atom. The van der Waals surface area contributed by atoms with Gasteiger partial charge in [0.05, 0.1) is 5.56 Å². The smallest absolute Gasteiger partial charge is 0.254 e. The van der Waals surface area contributed by atoms with Crippen molar-refractivity contribution in [1.29, 1.82) is 0 Å². The first kappa shape index (κ1) is 18.6. The molecule has 0 atom stereocenters. The second kappa shape index (κ2) is 8.42. The Kier molecular flexibility index (Phi) is 6.28. The van der Waals surface area contributed by atoms with Crippen molar-refractivity contribution < 1.29 is 14.0 Å². The normalized spacial score (nSPS) is 10.4. The third kappa shape index (κ3) is 5.14. The molecule has 1 N–H and O–H groups in total. The maximum atomic E-state index is 14.3. The molecule has 0 fully saturated rings. The van der Waals surface area contributed by atoms with Crippen LogP contribution in [0.4, 0.5) is 4.39 Å². The van der Waals surface area contributed by atoms with E-state index in [1.165, 1.54) is 17.0 Å². The van der Waals surface area contributed by atoms with Crippen LogP contribution in [-0.2, 0) is 4.79 Å². The van der Waals surface area contributed by atoms with Crippen molar-refractivity contribution in [2.45, 2.75) is 19.8 Å². The number of nitrogens with one attached hydrogen (secondary N) is 1. The SMILES string of the molecule is Cc1ccc(-c2ccc(C(=O)NCCCC(=O)N(C)C)c(F)c2)cc1. The third-order valence-electron chi connectivity index (χ3n) is 3.95. The maximum absolute atomic E-state index is 14.3. The summed E-state index contributed by atoms with van der Waals surface area (Å²) < 4.78 is 14.3.